The van der Waals surface area contributed by atoms with E-state index in [9.17, 15) is 14.7 Å². The minimum absolute atomic E-state index is 0.0595. The lowest BCUT2D eigenvalue weighted by Crippen LogP contribution is -2.29. The highest BCUT2D eigenvalue weighted by Gasteiger charge is 2.27. The van der Waals surface area contributed by atoms with Gasteiger partial charge in [0, 0.05) is 23.2 Å². The molecule has 3 fully saturated rings. The van der Waals surface area contributed by atoms with Crippen LogP contribution in [0.5, 0.6) is 0 Å². The Labute approximate surface area is 166 Å². The van der Waals surface area contributed by atoms with Gasteiger partial charge in [-0.15, -0.1) is 0 Å². The van der Waals surface area contributed by atoms with Crippen molar-refractivity contribution in [2.75, 3.05) is 10.6 Å². The summed E-state index contributed by atoms with van der Waals surface area (Å²) in [5.41, 5.74) is 1.63. The maximum absolute atomic E-state index is 11.9. The Hall–Kier alpha value is -3.01. The van der Waals surface area contributed by atoms with Crippen LogP contribution in [0.1, 0.15) is 50.5 Å². The molecule has 3 aliphatic rings. The van der Waals surface area contributed by atoms with E-state index in [2.05, 4.69) is 31.0 Å². The third kappa shape index (κ3) is 3.80. The van der Waals surface area contributed by atoms with Crippen molar-refractivity contribution < 1.29 is 14.7 Å². The fourth-order valence-electron chi connectivity index (χ4n) is 3.78. The Morgan fingerprint density at radius 2 is 1.79 bits per heavy atom. The second-order valence-corrected chi connectivity index (χ2v) is 8.00. The first kappa shape index (κ1) is 18.0. The average molecular weight is 397 g/mol. The number of aliphatic hydroxyl groups excluding tert-OH is 1. The van der Waals surface area contributed by atoms with Crippen molar-refractivity contribution in [3.8, 4) is 0 Å². The molecule has 152 valence electrons. The van der Waals surface area contributed by atoms with E-state index in [1.165, 1.54) is 0 Å². The maximum Gasteiger partial charge on any atom is 0.254 e. The van der Waals surface area contributed by atoms with Gasteiger partial charge < -0.3 is 15.7 Å². The van der Waals surface area contributed by atoms with Gasteiger partial charge in [-0.1, -0.05) is 0 Å². The van der Waals surface area contributed by atoms with Gasteiger partial charge in [0.05, 0.1) is 18.7 Å². The number of nitrogens with zero attached hydrogens (tertiary/aromatic N) is 4. The summed E-state index contributed by atoms with van der Waals surface area (Å²) >= 11 is 0. The molecule has 2 aromatic rings. The second kappa shape index (κ2) is 7.11. The number of aliphatic hydroxyl groups is 1. The lowest BCUT2D eigenvalue weighted by Gasteiger charge is -2.26. The van der Waals surface area contributed by atoms with Gasteiger partial charge in [-0.25, -0.2) is 0 Å². The van der Waals surface area contributed by atoms with Gasteiger partial charge in [0.25, 0.3) is 5.91 Å². The summed E-state index contributed by atoms with van der Waals surface area (Å²) in [6, 6.07) is 0.590. The molecule has 4 N–H and O–H groups in total. The van der Waals surface area contributed by atoms with Crippen LogP contribution >= 0.6 is 0 Å². The first-order chi connectivity index (χ1) is 14.0. The summed E-state index contributed by atoms with van der Waals surface area (Å²) in [5.74, 6) is 0.422. The summed E-state index contributed by atoms with van der Waals surface area (Å²) in [7, 11) is 0. The highest BCUT2D eigenvalue weighted by Crippen LogP contribution is 2.27. The van der Waals surface area contributed by atoms with Gasteiger partial charge in [-0.2, -0.15) is 19.6 Å². The fourth-order valence-corrected chi connectivity index (χ4v) is 3.78. The predicted molar refractivity (Wildman–Crippen MR) is 105 cm³/mol. The number of hydrogen-bond acceptors (Lipinski definition) is 8. The van der Waals surface area contributed by atoms with Gasteiger partial charge in [0.2, 0.25) is 17.8 Å². The van der Waals surface area contributed by atoms with Gasteiger partial charge in [0.1, 0.15) is 0 Å². The number of hydrogen-bond donors (Lipinski definition) is 4. The van der Waals surface area contributed by atoms with Gasteiger partial charge in [-0.3, -0.25) is 14.9 Å². The van der Waals surface area contributed by atoms with E-state index in [0.29, 0.717) is 34.7 Å². The third-order valence-corrected chi connectivity index (χ3v) is 5.56. The second-order valence-electron chi connectivity index (χ2n) is 8.00. The highest BCUT2D eigenvalue weighted by molar-refractivity contribution is 6.15. The molecule has 0 atom stereocenters. The van der Waals surface area contributed by atoms with E-state index in [0.717, 1.165) is 38.5 Å². The fraction of sp³-hybridized carbons (Fsp3) is 0.526. The molecule has 1 aliphatic heterocycles. The smallest absolute Gasteiger partial charge is 0.254 e. The van der Waals surface area contributed by atoms with Crippen molar-refractivity contribution in [1.29, 1.82) is 0 Å². The molecule has 10 nitrogen and oxygen atoms in total. The molecule has 2 saturated carbocycles. The van der Waals surface area contributed by atoms with Crippen molar-refractivity contribution in [1.82, 2.24) is 24.9 Å². The number of carbonyl (C=O) groups excluding carboxylic acids is 2. The topological polar surface area (TPSA) is 134 Å². The quantitative estimate of drug-likeness (QED) is 0.431. The molecule has 5 rings (SSSR count). The summed E-state index contributed by atoms with van der Waals surface area (Å²) < 4.78 is 1.63. The van der Waals surface area contributed by atoms with Crippen LogP contribution in [0, 0.1) is 0 Å². The molecule has 29 heavy (non-hydrogen) atoms. The van der Waals surface area contributed by atoms with E-state index in [-0.39, 0.29) is 30.4 Å². The normalized spacial score (nSPS) is 26.2. The van der Waals surface area contributed by atoms with E-state index >= 15 is 0 Å². The van der Waals surface area contributed by atoms with Crippen molar-refractivity contribution in [2.45, 2.75) is 63.1 Å². The first-order valence-electron chi connectivity index (χ1n) is 10.1. The summed E-state index contributed by atoms with van der Waals surface area (Å²) in [5, 5.41) is 23.2. The van der Waals surface area contributed by atoms with E-state index in [1.807, 2.05) is 0 Å². The molecule has 0 bridgehead atoms. The number of aromatic nitrogens is 4. The molecular weight excluding hydrogens is 374 g/mol. The summed E-state index contributed by atoms with van der Waals surface area (Å²) in [6.07, 6.45) is 8.56. The Morgan fingerprint density at radius 3 is 2.48 bits per heavy atom. The standard InChI is InChI=1S/C19H23N7O3/c27-14-5-3-12(4-6-14)21-18-24-16-11(7-10-8-15(28)23-17(10)29)9-20-26(16)19(25-18)22-13-1-2-13/h7,9,12-14,27H,1-6,8H2,(H,23,28,29)(H2,21,22,24,25). The molecule has 2 aromatic heterocycles. The maximum atomic E-state index is 11.9. The van der Waals surface area contributed by atoms with Crippen LogP contribution in [0.3, 0.4) is 0 Å². The monoisotopic (exact) mass is 397 g/mol. The Balaban J connectivity index is 1.49. The molecular formula is C19H23N7O3. The lowest BCUT2D eigenvalue weighted by atomic mass is 9.93. The van der Waals surface area contributed by atoms with Crippen LogP contribution in [0.15, 0.2) is 11.8 Å². The van der Waals surface area contributed by atoms with Crippen molar-refractivity contribution >= 4 is 35.4 Å². The van der Waals surface area contributed by atoms with Crippen molar-refractivity contribution in [3.63, 3.8) is 0 Å². The lowest BCUT2D eigenvalue weighted by molar-refractivity contribution is -0.124. The molecule has 0 spiro atoms. The zero-order valence-electron chi connectivity index (χ0n) is 15.9. The van der Waals surface area contributed by atoms with E-state index < -0.39 is 0 Å². The number of amides is 2. The number of carbonyl (C=O) groups is 2. The Bertz CT molecular complexity index is 1000. The van der Waals surface area contributed by atoms with Crippen LogP contribution in [-0.2, 0) is 9.59 Å². The number of imide groups is 1. The van der Waals surface area contributed by atoms with Crippen LogP contribution in [0.4, 0.5) is 11.9 Å². The molecule has 2 aliphatic carbocycles. The van der Waals surface area contributed by atoms with Crippen LogP contribution in [-0.4, -0.2) is 54.7 Å². The average Bonchev–Trinajstić information content (AvgIpc) is 3.33. The number of nitrogens with one attached hydrogen (secondary N) is 3. The van der Waals surface area contributed by atoms with Gasteiger partial charge in [0.15, 0.2) is 5.65 Å². The van der Waals surface area contributed by atoms with Gasteiger partial charge in [-0.05, 0) is 44.6 Å². The molecule has 1 saturated heterocycles. The number of fused-ring (bicyclic) bond motifs is 1. The number of rotatable bonds is 5. The first-order valence-corrected chi connectivity index (χ1v) is 10.1. The molecule has 0 unspecified atom stereocenters. The highest BCUT2D eigenvalue weighted by atomic mass is 16.3. The predicted octanol–water partition coefficient (Wildman–Crippen LogP) is 0.844. The minimum Gasteiger partial charge on any atom is -0.393 e. The zero-order valence-corrected chi connectivity index (χ0v) is 15.9. The van der Waals surface area contributed by atoms with E-state index in [1.54, 1.807) is 16.8 Å². The largest absolute Gasteiger partial charge is 0.393 e. The summed E-state index contributed by atoms with van der Waals surface area (Å²) in [6.45, 7) is 0. The summed E-state index contributed by atoms with van der Waals surface area (Å²) in [4.78, 5) is 32.7. The van der Waals surface area contributed by atoms with Crippen LogP contribution in [0.25, 0.3) is 11.7 Å². The SMILES string of the molecule is O=C1CC(=Cc2cnn3c(NC4CC4)nc(NC4CCC(O)CC4)nc23)C(=O)N1. The number of anilines is 2. The van der Waals surface area contributed by atoms with Crippen LogP contribution in [0.2, 0.25) is 0 Å². The molecule has 0 aromatic carbocycles. The Morgan fingerprint density at radius 1 is 1.07 bits per heavy atom. The molecule has 2 amide bonds. The van der Waals surface area contributed by atoms with Crippen molar-refractivity contribution in [3.05, 3.63) is 17.3 Å². The third-order valence-electron chi connectivity index (χ3n) is 5.56. The molecule has 0 radical (unpaired) electrons. The zero-order chi connectivity index (χ0) is 20.0. The van der Waals surface area contributed by atoms with Crippen LogP contribution < -0.4 is 16.0 Å². The van der Waals surface area contributed by atoms with E-state index in [4.69, 9.17) is 0 Å². The minimum atomic E-state index is -0.376. The Kier molecular flexibility index (Phi) is 4.42. The molecule has 10 heteroatoms. The molecule has 3 heterocycles. The van der Waals surface area contributed by atoms with Gasteiger partial charge >= 0.3 is 0 Å². The van der Waals surface area contributed by atoms with Crippen molar-refractivity contribution in [2.24, 2.45) is 0 Å².